The summed E-state index contributed by atoms with van der Waals surface area (Å²) in [7, 11) is 0. The molecule has 2 rings (SSSR count). The number of carbonyl (C=O) groups is 2. The average Bonchev–Trinajstić information content (AvgIpc) is 2.92. The van der Waals surface area contributed by atoms with Gasteiger partial charge in [0.2, 0.25) is 5.91 Å². The number of benzene rings is 1. The smallest absolute Gasteiger partial charge is 0.308 e. The van der Waals surface area contributed by atoms with Crippen molar-refractivity contribution in [3.63, 3.8) is 0 Å². The molecule has 1 aliphatic heterocycles. The van der Waals surface area contributed by atoms with Gasteiger partial charge in [-0.3, -0.25) is 9.59 Å². The van der Waals surface area contributed by atoms with Crippen molar-refractivity contribution in [3.05, 3.63) is 36.4 Å². The number of carboxylic acids is 1. The molecule has 1 atom stereocenters. The van der Waals surface area contributed by atoms with E-state index in [1.54, 1.807) is 6.07 Å². The number of nitrogens with zero attached hydrogens (tertiary/aromatic N) is 2. The van der Waals surface area contributed by atoms with Crippen LogP contribution in [-0.4, -0.2) is 35.0 Å². The Morgan fingerprint density at radius 2 is 1.74 bits per heavy atom. The summed E-state index contributed by atoms with van der Waals surface area (Å²) in [4.78, 5) is 23.1. The lowest BCUT2D eigenvalue weighted by atomic mass is 10.1. The van der Waals surface area contributed by atoms with Crippen molar-refractivity contribution in [1.82, 2.24) is 4.90 Å². The topological polar surface area (TPSA) is 81.4 Å². The summed E-state index contributed by atoms with van der Waals surface area (Å²) in [5.41, 5.74) is 0. The Labute approximate surface area is 112 Å². The zero-order valence-electron chi connectivity index (χ0n) is 10.5. The molecule has 1 aromatic carbocycles. The highest BCUT2D eigenvalue weighted by molar-refractivity contribution is 5.80. The molecule has 0 bridgehead atoms. The maximum absolute atomic E-state index is 11.1. The third-order valence-corrected chi connectivity index (χ3v) is 2.79. The van der Waals surface area contributed by atoms with E-state index < -0.39 is 11.9 Å². The maximum Gasteiger partial charge on any atom is 0.308 e. The SMILES string of the molecule is N#CCC(=O)N1CC[C@H](C(=O)O)C1.c1ccccc1. The first-order chi connectivity index (χ1) is 9.15. The molecule has 100 valence electrons. The summed E-state index contributed by atoms with van der Waals surface area (Å²) >= 11 is 0. The minimum atomic E-state index is -0.868. The van der Waals surface area contributed by atoms with Gasteiger partial charge < -0.3 is 10.0 Å². The van der Waals surface area contributed by atoms with E-state index in [1.807, 2.05) is 36.4 Å². The van der Waals surface area contributed by atoms with Gasteiger partial charge in [0.25, 0.3) is 0 Å². The summed E-state index contributed by atoms with van der Waals surface area (Å²) in [6, 6.07) is 13.7. The lowest BCUT2D eigenvalue weighted by molar-refractivity contribution is -0.141. The number of hydrogen-bond acceptors (Lipinski definition) is 3. The molecule has 1 heterocycles. The summed E-state index contributed by atoms with van der Waals surface area (Å²) < 4.78 is 0. The molecule has 1 N–H and O–H groups in total. The predicted octanol–water partition coefficient (Wildman–Crippen LogP) is 1.52. The number of aliphatic carboxylic acids is 1. The lowest BCUT2D eigenvalue weighted by Crippen LogP contribution is -2.29. The van der Waals surface area contributed by atoms with Crippen LogP contribution in [0.3, 0.4) is 0 Å². The first kappa shape index (κ1) is 14.7. The minimum Gasteiger partial charge on any atom is -0.481 e. The fraction of sp³-hybridized carbons (Fsp3) is 0.357. The van der Waals surface area contributed by atoms with Gasteiger partial charge in [0.1, 0.15) is 6.42 Å². The number of hydrogen-bond donors (Lipinski definition) is 1. The van der Waals surface area contributed by atoms with Gasteiger partial charge in [0.05, 0.1) is 12.0 Å². The maximum atomic E-state index is 11.1. The number of carbonyl (C=O) groups excluding carboxylic acids is 1. The van der Waals surface area contributed by atoms with E-state index in [4.69, 9.17) is 10.4 Å². The second-order valence-corrected chi connectivity index (χ2v) is 4.15. The zero-order chi connectivity index (χ0) is 14.1. The predicted molar refractivity (Wildman–Crippen MR) is 69.0 cm³/mol. The van der Waals surface area contributed by atoms with E-state index in [1.165, 1.54) is 4.90 Å². The van der Waals surface area contributed by atoms with Crippen molar-refractivity contribution in [3.8, 4) is 6.07 Å². The summed E-state index contributed by atoms with van der Waals surface area (Å²) in [5, 5.41) is 16.9. The van der Waals surface area contributed by atoms with Crippen LogP contribution in [0.1, 0.15) is 12.8 Å². The van der Waals surface area contributed by atoms with Crippen molar-refractivity contribution in [2.45, 2.75) is 12.8 Å². The summed E-state index contributed by atoms with van der Waals surface area (Å²) in [6.45, 7) is 0.702. The number of amides is 1. The van der Waals surface area contributed by atoms with Crippen LogP contribution in [0.4, 0.5) is 0 Å². The molecular formula is C14H16N2O3. The fourth-order valence-electron chi connectivity index (χ4n) is 1.75. The van der Waals surface area contributed by atoms with Gasteiger partial charge in [-0.15, -0.1) is 0 Å². The molecule has 19 heavy (non-hydrogen) atoms. The third-order valence-electron chi connectivity index (χ3n) is 2.79. The van der Waals surface area contributed by atoms with E-state index in [2.05, 4.69) is 0 Å². The Morgan fingerprint density at radius 1 is 1.21 bits per heavy atom. The van der Waals surface area contributed by atoms with Crippen LogP contribution >= 0.6 is 0 Å². The van der Waals surface area contributed by atoms with Gasteiger partial charge in [-0.1, -0.05) is 36.4 Å². The van der Waals surface area contributed by atoms with Crippen LogP contribution in [0.15, 0.2) is 36.4 Å². The number of nitriles is 1. The van der Waals surface area contributed by atoms with E-state index >= 15 is 0 Å². The standard InChI is InChI=1S/C8H10N2O3.C6H6/c9-3-1-7(11)10-4-2-6(5-10)8(12)13;1-2-4-6-5-3-1/h6H,1-2,4-5H2,(H,12,13);1-6H/t6-;/m0./s1. The van der Waals surface area contributed by atoms with Crippen LogP contribution in [0.5, 0.6) is 0 Å². The Morgan fingerprint density at radius 3 is 2.11 bits per heavy atom. The van der Waals surface area contributed by atoms with E-state index in [9.17, 15) is 9.59 Å². The number of carboxylic acid groups (broad SMARTS) is 1. The quantitative estimate of drug-likeness (QED) is 0.874. The molecule has 5 heteroatoms. The summed E-state index contributed by atoms with van der Waals surface area (Å²) in [5.74, 6) is -1.60. The minimum absolute atomic E-state index is 0.160. The second kappa shape index (κ2) is 7.88. The van der Waals surface area contributed by atoms with Crippen molar-refractivity contribution in [1.29, 1.82) is 5.26 Å². The van der Waals surface area contributed by atoms with Gasteiger partial charge in [-0.2, -0.15) is 5.26 Å². The molecule has 0 unspecified atom stereocenters. The molecular weight excluding hydrogens is 244 g/mol. The average molecular weight is 260 g/mol. The van der Waals surface area contributed by atoms with Gasteiger partial charge >= 0.3 is 5.97 Å². The molecule has 1 fully saturated rings. The molecule has 0 aromatic heterocycles. The van der Waals surface area contributed by atoms with Crippen molar-refractivity contribution < 1.29 is 14.7 Å². The number of likely N-dealkylation sites (tertiary alicyclic amines) is 1. The largest absolute Gasteiger partial charge is 0.481 e. The molecule has 5 nitrogen and oxygen atoms in total. The van der Waals surface area contributed by atoms with E-state index in [0.29, 0.717) is 13.0 Å². The first-order valence-corrected chi connectivity index (χ1v) is 6.02. The molecule has 1 saturated heterocycles. The monoisotopic (exact) mass is 260 g/mol. The van der Waals surface area contributed by atoms with Gasteiger partial charge in [-0.25, -0.2) is 0 Å². The molecule has 1 aliphatic rings. The van der Waals surface area contributed by atoms with Gasteiger partial charge in [-0.05, 0) is 6.42 Å². The van der Waals surface area contributed by atoms with Crippen molar-refractivity contribution in [2.24, 2.45) is 5.92 Å². The van der Waals surface area contributed by atoms with Gasteiger partial charge in [0.15, 0.2) is 0 Å². The van der Waals surface area contributed by atoms with Crippen molar-refractivity contribution in [2.75, 3.05) is 13.1 Å². The number of rotatable bonds is 2. The lowest BCUT2D eigenvalue weighted by Gasteiger charge is -2.12. The van der Waals surface area contributed by atoms with Crippen LogP contribution in [0.25, 0.3) is 0 Å². The molecule has 0 aliphatic carbocycles. The van der Waals surface area contributed by atoms with E-state index in [0.717, 1.165) is 0 Å². The van der Waals surface area contributed by atoms with Crippen LogP contribution in [0, 0.1) is 17.2 Å². The first-order valence-electron chi connectivity index (χ1n) is 6.02. The molecule has 1 aromatic rings. The highest BCUT2D eigenvalue weighted by Gasteiger charge is 2.30. The molecule has 0 radical (unpaired) electrons. The normalized spacial score (nSPS) is 17.0. The Hall–Kier alpha value is -2.35. The molecule has 0 saturated carbocycles. The zero-order valence-corrected chi connectivity index (χ0v) is 10.5. The Kier molecular flexibility index (Phi) is 6.10. The Bertz CT molecular complexity index is 427. The fourth-order valence-corrected chi connectivity index (χ4v) is 1.75. The highest BCUT2D eigenvalue weighted by atomic mass is 16.4. The Balaban J connectivity index is 0.000000250. The van der Waals surface area contributed by atoms with Crippen LogP contribution in [-0.2, 0) is 9.59 Å². The highest BCUT2D eigenvalue weighted by Crippen LogP contribution is 2.16. The second-order valence-electron chi connectivity index (χ2n) is 4.15. The van der Waals surface area contributed by atoms with Crippen molar-refractivity contribution >= 4 is 11.9 Å². The summed E-state index contributed by atoms with van der Waals surface area (Å²) in [6.07, 6.45) is 0.332. The van der Waals surface area contributed by atoms with Crippen LogP contribution < -0.4 is 0 Å². The molecule has 1 amide bonds. The van der Waals surface area contributed by atoms with E-state index in [-0.39, 0.29) is 18.9 Å². The van der Waals surface area contributed by atoms with Gasteiger partial charge in [0, 0.05) is 13.1 Å². The third kappa shape index (κ3) is 5.21. The van der Waals surface area contributed by atoms with Crippen LogP contribution in [0.2, 0.25) is 0 Å². The molecule has 0 spiro atoms.